The Kier molecular flexibility index (Phi) is 7.59. The average molecular weight is 465 g/mol. The number of rotatable bonds is 8. The number of sulfonamides is 1. The van der Waals surface area contributed by atoms with Crippen LogP contribution >= 0.6 is 0 Å². The Bertz CT molecular complexity index is 1210. The molecule has 0 bridgehead atoms. The number of para-hydroxylation sites is 1. The molecule has 0 radical (unpaired) electrons. The second-order valence-corrected chi connectivity index (χ2v) is 10.4. The van der Waals surface area contributed by atoms with Crippen molar-refractivity contribution in [3.63, 3.8) is 0 Å². The van der Waals surface area contributed by atoms with E-state index in [1.54, 1.807) is 12.1 Å². The Morgan fingerprint density at radius 1 is 0.879 bits per heavy atom. The number of amides is 1. The number of aryl methyl sites for hydroxylation is 3. The summed E-state index contributed by atoms with van der Waals surface area (Å²) in [5.74, 6) is -0.147. The summed E-state index contributed by atoms with van der Waals surface area (Å²) in [4.78, 5) is 12.9. The second-order valence-electron chi connectivity index (χ2n) is 8.50. The summed E-state index contributed by atoms with van der Waals surface area (Å²) in [6, 6.07) is 20.9. The van der Waals surface area contributed by atoms with Gasteiger partial charge in [0.25, 0.3) is 5.91 Å². The predicted octanol–water partition coefficient (Wildman–Crippen LogP) is 5.46. The van der Waals surface area contributed by atoms with E-state index in [9.17, 15) is 13.2 Å². The van der Waals surface area contributed by atoms with Crippen LogP contribution in [-0.4, -0.2) is 20.6 Å². The quantitative estimate of drug-likeness (QED) is 0.481. The number of nitrogens with zero attached hydrogens (tertiary/aromatic N) is 1. The minimum absolute atomic E-state index is 0.0665. The van der Waals surface area contributed by atoms with Crippen LogP contribution in [0.2, 0.25) is 0 Å². The summed E-state index contributed by atoms with van der Waals surface area (Å²) >= 11 is 0. The van der Waals surface area contributed by atoms with Crippen LogP contribution in [0.3, 0.4) is 0 Å². The van der Waals surface area contributed by atoms with Crippen molar-refractivity contribution in [1.29, 1.82) is 0 Å². The first-order chi connectivity index (χ1) is 15.6. The van der Waals surface area contributed by atoms with Crippen molar-refractivity contribution in [3.8, 4) is 0 Å². The van der Waals surface area contributed by atoms with Crippen LogP contribution < -0.4 is 9.62 Å². The summed E-state index contributed by atoms with van der Waals surface area (Å²) in [7, 11) is -3.49. The van der Waals surface area contributed by atoms with E-state index in [0.29, 0.717) is 11.3 Å². The number of anilines is 1. The molecule has 0 aromatic heterocycles. The Balaban J connectivity index is 1.80. The Labute approximate surface area is 197 Å². The van der Waals surface area contributed by atoms with Crippen LogP contribution in [-0.2, 0) is 16.6 Å². The van der Waals surface area contributed by atoms with Crippen molar-refractivity contribution in [3.05, 3.63) is 100 Å². The maximum absolute atomic E-state index is 12.9. The van der Waals surface area contributed by atoms with Crippen LogP contribution in [0.25, 0.3) is 0 Å². The molecule has 0 aliphatic heterocycles. The van der Waals surface area contributed by atoms with Crippen LogP contribution in [0.4, 0.5) is 5.69 Å². The highest BCUT2D eigenvalue weighted by atomic mass is 32.2. The SMILES string of the molecule is CC[C@H](NC(=O)c1ccc(CN(c2c(C)cccc2C)S(C)(=O)=O)cc1)c1ccccc1C. The third-order valence-electron chi connectivity index (χ3n) is 5.91. The van der Waals surface area contributed by atoms with Crippen LogP contribution in [0.1, 0.15) is 57.6 Å². The van der Waals surface area contributed by atoms with Gasteiger partial charge >= 0.3 is 0 Å². The summed E-state index contributed by atoms with van der Waals surface area (Å²) in [6.45, 7) is 8.11. The largest absolute Gasteiger partial charge is 0.345 e. The van der Waals surface area contributed by atoms with Gasteiger partial charge < -0.3 is 5.32 Å². The zero-order valence-electron chi connectivity index (χ0n) is 19.9. The zero-order chi connectivity index (χ0) is 24.2. The van der Waals surface area contributed by atoms with E-state index in [-0.39, 0.29) is 18.5 Å². The standard InChI is InChI=1S/C27H32N2O3S/c1-6-25(24-13-8-7-10-19(24)2)28-27(30)23-16-14-22(15-17-23)18-29(33(5,31)32)26-20(3)11-9-12-21(26)4/h7-17,25H,6,18H2,1-5H3,(H,28,30)/t25-/m0/s1. The van der Waals surface area contributed by atoms with E-state index in [1.165, 1.54) is 10.6 Å². The number of carbonyl (C=O) groups is 1. The molecule has 5 nitrogen and oxygen atoms in total. The summed E-state index contributed by atoms with van der Waals surface area (Å²) in [5, 5.41) is 3.12. The highest BCUT2D eigenvalue weighted by molar-refractivity contribution is 7.92. The van der Waals surface area contributed by atoms with E-state index >= 15 is 0 Å². The van der Waals surface area contributed by atoms with Gasteiger partial charge in [0.2, 0.25) is 10.0 Å². The van der Waals surface area contributed by atoms with Gasteiger partial charge in [0.15, 0.2) is 0 Å². The maximum Gasteiger partial charge on any atom is 0.251 e. The van der Waals surface area contributed by atoms with Crippen LogP contribution in [0.15, 0.2) is 66.7 Å². The zero-order valence-corrected chi connectivity index (χ0v) is 20.7. The van der Waals surface area contributed by atoms with Gasteiger partial charge in [-0.05, 0) is 67.1 Å². The molecular weight excluding hydrogens is 432 g/mol. The van der Waals surface area contributed by atoms with Crippen molar-refractivity contribution in [1.82, 2.24) is 5.32 Å². The molecule has 174 valence electrons. The lowest BCUT2D eigenvalue weighted by Crippen LogP contribution is -2.31. The normalized spacial score (nSPS) is 12.3. The molecule has 0 heterocycles. The minimum Gasteiger partial charge on any atom is -0.345 e. The Morgan fingerprint density at radius 3 is 2.00 bits per heavy atom. The second kappa shape index (κ2) is 10.2. The summed E-state index contributed by atoms with van der Waals surface area (Å²) in [6.07, 6.45) is 2.00. The van der Waals surface area contributed by atoms with Gasteiger partial charge in [-0.25, -0.2) is 8.42 Å². The molecule has 0 saturated heterocycles. The van der Waals surface area contributed by atoms with E-state index in [2.05, 4.69) is 5.32 Å². The van der Waals surface area contributed by atoms with Gasteiger partial charge in [0, 0.05) is 5.56 Å². The average Bonchev–Trinajstić information content (AvgIpc) is 2.77. The van der Waals surface area contributed by atoms with Gasteiger partial charge in [0.1, 0.15) is 0 Å². The van der Waals surface area contributed by atoms with E-state index in [0.717, 1.165) is 34.2 Å². The number of nitrogens with one attached hydrogen (secondary N) is 1. The first kappa shape index (κ1) is 24.5. The van der Waals surface area contributed by atoms with Gasteiger partial charge in [-0.1, -0.05) is 61.5 Å². The highest BCUT2D eigenvalue weighted by Crippen LogP contribution is 2.28. The molecule has 33 heavy (non-hydrogen) atoms. The van der Waals surface area contributed by atoms with Crippen molar-refractivity contribution < 1.29 is 13.2 Å². The summed E-state index contributed by atoms with van der Waals surface area (Å²) < 4.78 is 26.6. The smallest absolute Gasteiger partial charge is 0.251 e. The number of hydrogen-bond donors (Lipinski definition) is 1. The lowest BCUT2D eigenvalue weighted by molar-refractivity contribution is 0.0935. The molecule has 0 unspecified atom stereocenters. The van der Waals surface area contributed by atoms with Gasteiger partial charge in [-0.3, -0.25) is 9.10 Å². The van der Waals surface area contributed by atoms with Gasteiger partial charge in [0.05, 0.1) is 24.5 Å². The third kappa shape index (κ3) is 5.82. The fourth-order valence-electron chi connectivity index (χ4n) is 4.11. The summed E-state index contributed by atoms with van der Waals surface area (Å²) in [5.41, 5.74) is 6.12. The predicted molar refractivity (Wildman–Crippen MR) is 135 cm³/mol. The van der Waals surface area contributed by atoms with Gasteiger partial charge in [-0.15, -0.1) is 0 Å². The number of benzene rings is 3. The van der Waals surface area contributed by atoms with Gasteiger partial charge in [-0.2, -0.15) is 0 Å². The van der Waals surface area contributed by atoms with Crippen molar-refractivity contribution in [2.24, 2.45) is 0 Å². The molecular formula is C27H32N2O3S. The fourth-order valence-corrected chi connectivity index (χ4v) is 5.11. The van der Waals surface area contributed by atoms with Crippen molar-refractivity contribution in [2.75, 3.05) is 10.6 Å². The van der Waals surface area contributed by atoms with E-state index in [1.807, 2.05) is 82.3 Å². The molecule has 0 saturated carbocycles. The third-order valence-corrected chi connectivity index (χ3v) is 7.02. The Hall–Kier alpha value is -3.12. The van der Waals surface area contributed by atoms with Crippen molar-refractivity contribution in [2.45, 2.75) is 46.7 Å². The van der Waals surface area contributed by atoms with Crippen LogP contribution in [0.5, 0.6) is 0 Å². The minimum atomic E-state index is -3.49. The molecule has 6 heteroatoms. The molecule has 0 aliphatic carbocycles. The van der Waals surface area contributed by atoms with Crippen molar-refractivity contribution >= 4 is 21.6 Å². The molecule has 1 atom stereocenters. The molecule has 3 aromatic carbocycles. The molecule has 1 N–H and O–H groups in total. The monoisotopic (exact) mass is 464 g/mol. The first-order valence-electron chi connectivity index (χ1n) is 11.1. The molecule has 3 rings (SSSR count). The molecule has 0 fully saturated rings. The highest BCUT2D eigenvalue weighted by Gasteiger charge is 2.22. The molecule has 0 spiro atoms. The van der Waals surface area contributed by atoms with E-state index < -0.39 is 10.0 Å². The molecule has 1 amide bonds. The number of carbonyl (C=O) groups excluding carboxylic acids is 1. The number of hydrogen-bond acceptors (Lipinski definition) is 3. The lowest BCUT2D eigenvalue weighted by Gasteiger charge is -2.26. The first-order valence-corrected chi connectivity index (χ1v) is 13.0. The maximum atomic E-state index is 12.9. The van der Waals surface area contributed by atoms with Crippen LogP contribution in [0, 0.1) is 20.8 Å². The molecule has 0 aliphatic rings. The molecule has 3 aromatic rings. The lowest BCUT2D eigenvalue weighted by atomic mass is 9.99. The Morgan fingerprint density at radius 2 is 1.45 bits per heavy atom. The van der Waals surface area contributed by atoms with E-state index in [4.69, 9.17) is 0 Å². The fraction of sp³-hybridized carbons (Fsp3) is 0.296. The topological polar surface area (TPSA) is 66.5 Å².